The Kier molecular flexibility index (Phi) is 2.28. The van der Waals surface area contributed by atoms with Crippen molar-refractivity contribution in [3.8, 4) is 11.5 Å². The van der Waals surface area contributed by atoms with Crippen LogP contribution in [0.5, 0.6) is 11.5 Å². The van der Waals surface area contributed by atoms with Crippen molar-refractivity contribution in [3.63, 3.8) is 0 Å². The van der Waals surface area contributed by atoms with Crippen molar-refractivity contribution >= 4 is 5.78 Å². The number of rotatable bonds is 2. The lowest BCUT2D eigenvalue weighted by Crippen LogP contribution is -1.98. The number of ketones is 1. The third-order valence-corrected chi connectivity index (χ3v) is 1.44. The number of Topliss-reactive ketones (excluding diaryl/α,β-unsaturated/α-hetero) is 1. The molecule has 0 unspecified atom stereocenters. The summed E-state index contributed by atoms with van der Waals surface area (Å²) < 4.78 is 4.79. The second kappa shape index (κ2) is 3.21. The van der Waals surface area contributed by atoms with E-state index in [1.54, 1.807) is 0 Å². The summed E-state index contributed by atoms with van der Waals surface area (Å²) in [7, 11) is 1.42. The first-order valence-corrected chi connectivity index (χ1v) is 3.39. The van der Waals surface area contributed by atoms with E-state index in [0.29, 0.717) is 0 Å². The highest BCUT2D eigenvalue weighted by Gasteiger charge is 2.11. The second-order valence-electron chi connectivity index (χ2n) is 2.27. The molecule has 0 saturated heterocycles. The van der Waals surface area contributed by atoms with E-state index in [9.17, 15) is 9.90 Å². The Morgan fingerprint density at radius 2 is 2.33 bits per heavy atom. The number of aromatic hydroxyl groups is 1. The minimum absolute atomic E-state index is 0.0364. The fourth-order valence-corrected chi connectivity index (χ4v) is 0.859. The van der Waals surface area contributed by atoms with Gasteiger partial charge in [-0.05, 0) is 0 Å². The summed E-state index contributed by atoms with van der Waals surface area (Å²) in [5.41, 5.74) is 0.0364. The van der Waals surface area contributed by atoms with Crippen LogP contribution in [0.2, 0.25) is 0 Å². The van der Waals surface area contributed by atoms with Gasteiger partial charge >= 0.3 is 0 Å². The maximum absolute atomic E-state index is 10.9. The summed E-state index contributed by atoms with van der Waals surface area (Å²) in [6.45, 7) is 1.33. The molecule has 0 aliphatic heterocycles. The number of pyridine rings is 1. The molecule has 0 amide bonds. The Morgan fingerprint density at radius 1 is 1.67 bits per heavy atom. The molecular formula is C8H9NO3. The van der Waals surface area contributed by atoms with Crippen LogP contribution < -0.4 is 4.74 Å². The van der Waals surface area contributed by atoms with Crippen LogP contribution in [0.3, 0.4) is 0 Å². The number of hydrogen-bond acceptors (Lipinski definition) is 4. The zero-order chi connectivity index (χ0) is 9.14. The van der Waals surface area contributed by atoms with Crippen molar-refractivity contribution in [2.75, 3.05) is 7.11 Å². The largest absolute Gasteiger partial charge is 0.503 e. The van der Waals surface area contributed by atoms with Gasteiger partial charge in [0.15, 0.2) is 23.0 Å². The molecule has 0 aromatic carbocycles. The van der Waals surface area contributed by atoms with Crippen LogP contribution in [-0.2, 0) is 0 Å². The Hall–Kier alpha value is -1.58. The summed E-state index contributed by atoms with van der Waals surface area (Å²) in [5.74, 6) is -0.228. The zero-order valence-electron chi connectivity index (χ0n) is 6.87. The van der Waals surface area contributed by atoms with Gasteiger partial charge in [0.25, 0.3) is 0 Å². The van der Waals surface area contributed by atoms with E-state index in [1.165, 1.54) is 26.3 Å². The SMILES string of the molecule is COc1ccnc(C(C)=O)c1O. The Morgan fingerprint density at radius 3 is 2.83 bits per heavy atom. The summed E-state index contributed by atoms with van der Waals surface area (Å²) >= 11 is 0. The molecule has 12 heavy (non-hydrogen) atoms. The lowest BCUT2D eigenvalue weighted by molar-refractivity contribution is 0.100. The lowest BCUT2D eigenvalue weighted by atomic mass is 10.2. The maximum atomic E-state index is 10.9. The number of ether oxygens (including phenoxy) is 1. The van der Waals surface area contributed by atoms with Crippen LogP contribution in [0.1, 0.15) is 17.4 Å². The summed E-state index contributed by atoms with van der Waals surface area (Å²) in [5, 5.41) is 9.35. The van der Waals surface area contributed by atoms with Crippen LogP contribution >= 0.6 is 0 Å². The fraction of sp³-hybridized carbons (Fsp3) is 0.250. The minimum Gasteiger partial charge on any atom is -0.503 e. The van der Waals surface area contributed by atoms with Crippen LogP contribution in [0.15, 0.2) is 12.3 Å². The number of carbonyl (C=O) groups excluding carboxylic acids is 1. The van der Waals surface area contributed by atoms with Gasteiger partial charge in [0, 0.05) is 19.2 Å². The summed E-state index contributed by atoms with van der Waals surface area (Å²) in [6, 6.07) is 1.49. The van der Waals surface area contributed by atoms with Gasteiger partial charge in [-0.3, -0.25) is 4.79 Å². The van der Waals surface area contributed by atoms with E-state index < -0.39 is 0 Å². The molecule has 4 heteroatoms. The Balaban J connectivity index is 3.23. The molecule has 0 aliphatic rings. The van der Waals surface area contributed by atoms with Gasteiger partial charge < -0.3 is 9.84 Å². The molecule has 0 aliphatic carbocycles. The normalized spacial score (nSPS) is 9.50. The molecule has 1 heterocycles. The van der Waals surface area contributed by atoms with Crippen LogP contribution in [0.25, 0.3) is 0 Å². The van der Waals surface area contributed by atoms with Crippen molar-refractivity contribution in [3.05, 3.63) is 18.0 Å². The molecule has 0 saturated carbocycles. The Labute approximate surface area is 69.8 Å². The maximum Gasteiger partial charge on any atom is 0.187 e. The van der Waals surface area contributed by atoms with Crippen molar-refractivity contribution < 1.29 is 14.6 Å². The van der Waals surface area contributed by atoms with Gasteiger partial charge in [-0.2, -0.15) is 0 Å². The first-order chi connectivity index (χ1) is 5.66. The second-order valence-corrected chi connectivity index (χ2v) is 2.27. The highest BCUT2D eigenvalue weighted by molar-refractivity contribution is 5.95. The monoisotopic (exact) mass is 167 g/mol. The van der Waals surface area contributed by atoms with Gasteiger partial charge in [-0.15, -0.1) is 0 Å². The number of hydrogen-bond donors (Lipinski definition) is 1. The zero-order valence-corrected chi connectivity index (χ0v) is 6.87. The van der Waals surface area contributed by atoms with E-state index in [0.717, 1.165) is 0 Å². The standard InChI is InChI=1S/C8H9NO3/c1-5(10)7-8(11)6(12-2)3-4-9-7/h3-4,11H,1-2H3. The number of nitrogens with zero attached hydrogens (tertiary/aromatic N) is 1. The number of methoxy groups -OCH3 is 1. The molecular weight excluding hydrogens is 158 g/mol. The first-order valence-electron chi connectivity index (χ1n) is 3.39. The van der Waals surface area contributed by atoms with Crippen molar-refractivity contribution in [1.29, 1.82) is 0 Å². The fourth-order valence-electron chi connectivity index (χ4n) is 0.859. The number of carbonyl (C=O) groups is 1. The third-order valence-electron chi connectivity index (χ3n) is 1.44. The van der Waals surface area contributed by atoms with Gasteiger partial charge in [0.05, 0.1) is 7.11 Å². The third kappa shape index (κ3) is 1.37. The highest BCUT2D eigenvalue weighted by Crippen LogP contribution is 2.27. The molecule has 0 atom stereocenters. The predicted molar refractivity (Wildman–Crippen MR) is 42.5 cm³/mol. The minimum atomic E-state index is -0.286. The molecule has 0 spiro atoms. The van der Waals surface area contributed by atoms with Crippen molar-refractivity contribution in [2.45, 2.75) is 6.92 Å². The average Bonchev–Trinajstić information content (AvgIpc) is 2.04. The molecule has 1 rings (SSSR count). The van der Waals surface area contributed by atoms with Gasteiger partial charge in [-0.1, -0.05) is 0 Å². The smallest absolute Gasteiger partial charge is 0.187 e. The summed E-state index contributed by atoms with van der Waals surface area (Å²) in [4.78, 5) is 14.6. The molecule has 0 bridgehead atoms. The first kappa shape index (κ1) is 8.52. The predicted octanol–water partition coefficient (Wildman–Crippen LogP) is 0.998. The van der Waals surface area contributed by atoms with E-state index in [1.807, 2.05) is 0 Å². The van der Waals surface area contributed by atoms with Crippen molar-refractivity contribution in [1.82, 2.24) is 4.98 Å². The molecule has 0 fully saturated rings. The Bertz CT molecular complexity index is 309. The molecule has 0 radical (unpaired) electrons. The quantitative estimate of drug-likeness (QED) is 0.667. The average molecular weight is 167 g/mol. The lowest BCUT2D eigenvalue weighted by Gasteiger charge is -2.04. The van der Waals surface area contributed by atoms with Gasteiger partial charge in [-0.25, -0.2) is 4.98 Å². The van der Waals surface area contributed by atoms with Crippen molar-refractivity contribution in [2.24, 2.45) is 0 Å². The molecule has 1 aromatic heterocycles. The van der Waals surface area contributed by atoms with Crippen LogP contribution in [0, 0.1) is 0 Å². The number of aromatic nitrogens is 1. The van der Waals surface area contributed by atoms with E-state index in [2.05, 4.69) is 4.98 Å². The van der Waals surface area contributed by atoms with E-state index in [-0.39, 0.29) is 23.0 Å². The van der Waals surface area contributed by atoms with E-state index in [4.69, 9.17) is 4.74 Å². The molecule has 64 valence electrons. The molecule has 4 nitrogen and oxygen atoms in total. The van der Waals surface area contributed by atoms with E-state index >= 15 is 0 Å². The molecule has 1 N–H and O–H groups in total. The van der Waals surface area contributed by atoms with Gasteiger partial charge in [0.1, 0.15) is 0 Å². The topological polar surface area (TPSA) is 59.4 Å². The van der Waals surface area contributed by atoms with Crippen LogP contribution in [0.4, 0.5) is 0 Å². The van der Waals surface area contributed by atoms with Gasteiger partial charge in [0.2, 0.25) is 0 Å². The summed E-state index contributed by atoms with van der Waals surface area (Å²) in [6.07, 6.45) is 1.41. The highest BCUT2D eigenvalue weighted by atomic mass is 16.5. The molecule has 1 aromatic rings. The van der Waals surface area contributed by atoms with Crippen LogP contribution in [-0.4, -0.2) is 23.0 Å².